The maximum absolute atomic E-state index is 5.87. The van der Waals surface area contributed by atoms with Gasteiger partial charge < -0.3 is 10.1 Å². The Morgan fingerprint density at radius 3 is 2.60 bits per heavy atom. The maximum atomic E-state index is 5.87. The third-order valence-corrected chi connectivity index (χ3v) is 5.57. The molecule has 1 aromatic heterocycles. The fourth-order valence-corrected chi connectivity index (χ4v) is 3.61. The Balaban J connectivity index is 2.24. The van der Waals surface area contributed by atoms with E-state index in [1.165, 1.54) is 12.1 Å². The molecule has 1 fully saturated rings. The number of rotatable bonds is 7. The predicted molar refractivity (Wildman–Crippen MR) is 85.1 cm³/mol. The second-order valence-electron chi connectivity index (χ2n) is 5.60. The molecule has 1 aromatic rings. The lowest BCUT2D eigenvalue weighted by Gasteiger charge is -2.47. The number of nitrogens with zero attached hydrogens (tertiary/aromatic N) is 2. The van der Waals surface area contributed by atoms with Crippen molar-refractivity contribution < 1.29 is 4.74 Å². The van der Waals surface area contributed by atoms with E-state index in [0.717, 1.165) is 42.5 Å². The van der Waals surface area contributed by atoms with Crippen LogP contribution in [-0.4, -0.2) is 35.1 Å². The molecule has 5 heteroatoms. The number of ether oxygens (including phenoxy) is 1. The molecule has 20 heavy (non-hydrogen) atoms. The molecule has 114 valence electrons. The fourth-order valence-electron chi connectivity index (χ4n) is 3.17. The summed E-state index contributed by atoms with van der Waals surface area (Å²) < 4.78 is 9.12. The smallest absolute Gasteiger partial charge is 0.0834 e. The van der Waals surface area contributed by atoms with Gasteiger partial charge in [0.1, 0.15) is 0 Å². The Morgan fingerprint density at radius 1 is 1.45 bits per heavy atom. The number of aromatic nitrogens is 2. The number of hydrogen-bond acceptors (Lipinski definition) is 3. The van der Waals surface area contributed by atoms with Gasteiger partial charge in [0.05, 0.1) is 21.5 Å². The van der Waals surface area contributed by atoms with E-state index >= 15 is 0 Å². The highest BCUT2D eigenvalue weighted by Gasteiger charge is 2.44. The lowest BCUT2D eigenvalue weighted by Crippen LogP contribution is -2.57. The number of hydrogen-bond donors (Lipinski definition) is 1. The summed E-state index contributed by atoms with van der Waals surface area (Å²) in [4.78, 5) is 0. The van der Waals surface area contributed by atoms with E-state index in [2.05, 4.69) is 51.8 Å². The van der Waals surface area contributed by atoms with Gasteiger partial charge in [-0.3, -0.25) is 4.68 Å². The van der Waals surface area contributed by atoms with Crippen LogP contribution in [0, 0.1) is 6.92 Å². The molecular formula is C15H26BrN3O. The molecule has 1 N–H and O–H groups in total. The molecule has 1 unspecified atom stereocenters. The van der Waals surface area contributed by atoms with Crippen molar-refractivity contribution >= 4 is 15.9 Å². The number of methoxy groups -OCH3 is 1. The Labute approximate surface area is 130 Å². The van der Waals surface area contributed by atoms with Gasteiger partial charge in [0.25, 0.3) is 0 Å². The zero-order valence-corrected chi connectivity index (χ0v) is 14.6. The van der Waals surface area contributed by atoms with E-state index in [9.17, 15) is 0 Å². The van der Waals surface area contributed by atoms with E-state index in [-0.39, 0.29) is 5.60 Å². The van der Waals surface area contributed by atoms with Gasteiger partial charge in [-0.1, -0.05) is 6.92 Å². The Morgan fingerprint density at radius 2 is 2.15 bits per heavy atom. The van der Waals surface area contributed by atoms with Gasteiger partial charge in [0.15, 0.2) is 0 Å². The third-order valence-electron chi connectivity index (χ3n) is 4.54. The first-order valence-corrected chi connectivity index (χ1v) is 8.37. The maximum Gasteiger partial charge on any atom is 0.0834 e. The number of halogens is 1. The van der Waals surface area contributed by atoms with Crippen LogP contribution in [0.25, 0.3) is 0 Å². The molecule has 0 amide bonds. The molecule has 1 saturated carbocycles. The van der Waals surface area contributed by atoms with Crippen molar-refractivity contribution in [1.82, 2.24) is 15.1 Å². The van der Waals surface area contributed by atoms with Crippen LogP contribution < -0.4 is 5.32 Å². The first-order chi connectivity index (χ1) is 9.57. The largest absolute Gasteiger partial charge is 0.377 e. The quantitative estimate of drug-likeness (QED) is 0.826. The van der Waals surface area contributed by atoms with Gasteiger partial charge in [-0.05, 0) is 55.6 Å². The lowest BCUT2D eigenvalue weighted by molar-refractivity contribution is -0.0981. The average molecular weight is 344 g/mol. The molecule has 0 bridgehead atoms. The molecule has 0 radical (unpaired) electrons. The summed E-state index contributed by atoms with van der Waals surface area (Å²) in [6.45, 7) is 8.22. The van der Waals surface area contributed by atoms with Crippen molar-refractivity contribution in [3.05, 3.63) is 15.9 Å². The minimum absolute atomic E-state index is 0.00615. The van der Waals surface area contributed by atoms with Gasteiger partial charge in [-0.15, -0.1) is 0 Å². The molecule has 0 aromatic carbocycles. The van der Waals surface area contributed by atoms with Gasteiger partial charge in [0, 0.05) is 26.1 Å². The van der Waals surface area contributed by atoms with E-state index in [4.69, 9.17) is 4.74 Å². The summed E-state index contributed by atoms with van der Waals surface area (Å²) in [5, 5.41) is 8.22. The second kappa shape index (κ2) is 6.58. The van der Waals surface area contributed by atoms with Crippen molar-refractivity contribution in [2.45, 2.75) is 64.6 Å². The second-order valence-corrected chi connectivity index (χ2v) is 6.39. The molecule has 2 rings (SSSR count). The third kappa shape index (κ3) is 2.81. The summed E-state index contributed by atoms with van der Waals surface area (Å²) >= 11 is 3.70. The fraction of sp³-hybridized carbons (Fsp3) is 0.800. The zero-order chi connectivity index (χ0) is 14.8. The van der Waals surface area contributed by atoms with E-state index in [1.54, 1.807) is 0 Å². The van der Waals surface area contributed by atoms with Crippen molar-refractivity contribution in [2.75, 3.05) is 13.7 Å². The van der Waals surface area contributed by atoms with Crippen molar-refractivity contribution in [2.24, 2.45) is 0 Å². The molecule has 0 aliphatic heterocycles. The number of nitrogens with one attached hydrogen (secondary N) is 1. The molecule has 1 aliphatic rings. The molecule has 0 saturated heterocycles. The van der Waals surface area contributed by atoms with Crippen molar-refractivity contribution in [3.63, 3.8) is 0 Å². The topological polar surface area (TPSA) is 39.1 Å². The highest BCUT2D eigenvalue weighted by atomic mass is 79.9. The Kier molecular flexibility index (Phi) is 5.26. The summed E-state index contributed by atoms with van der Waals surface area (Å²) in [7, 11) is 1.85. The normalized spacial score (nSPS) is 18.9. The molecule has 1 atom stereocenters. The highest BCUT2D eigenvalue weighted by Crippen LogP contribution is 2.40. The Bertz CT molecular complexity index is 449. The minimum Gasteiger partial charge on any atom is -0.377 e. The van der Waals surface area contributed by atoms with Crippen LogP contribution in [0.2, 0.25) is 0 Å². The predicted octanol–water partition coefficient (Wildman–Crippen LogP) is 3.06. The number of aryl methyl sites for hydroxylation is 2. The van der Waals surface area contributed by atoms with Gasteiger partial charge >= 0.3 is 0 Å². The number of likely N-dealkylation sites (N-methyl/N-ethyl adjacent to an activating group) is 1. The van der Waals surface area contributed by atoms with Crippen LogP contribution in [0.5, 0.6) is 0 Å². The van der Waals surface area contributed by atoms with Crippen LogP contribution in [-0.2, 0) is 17.7 Å². The van der Waals surface area contributed by atoms with Crippen molar-refractivity contribution in [3.8, 4) is 0 Å². The van der Waals surface area contributed by atoms with Crippen LogP contribution in [0.1, 0.15) is 44.5 Å². The van der Waals surface area contributed by atoms with Gasteiger partial charge in [-0.2, -0.15) is 5.10 Å². The van der Waals surface area contributed by atoms with E-state index in [0.29, 0.717) is 6.04 Å². The SMILES string of the molecule is CCNC(Cc1c(Br)c(C)nn1CC)C1(OC)CCC1. The van der Waals surface area contributed by atoms with Gasteiger partial charge in [0.2, 0.25) is 0 Å². The first-order valence-electron chi connectivity index (χ1n) is 7.58. The van der Waals surface area contributed by atoms with E-state index in [1.807, 2.05) is 7.11 Å². The zero-order valence-electron chi connectivity index (χ0n) is 13.0. The van der Waals surface area contributed by atoms with Crippen LogP contribution in [0.4, 0.5) is 0 Å². The molecule has 4 nitrogen and oxygen atoms in total. The summed E-state index contributed by atoms with van der Waals surface area (Å²) in [6.07, 6.45) is 4.52. The van der Waals surface area contributed by atoms with Crippen LogP contribution in [0.3, 0.4) is 0 Å². The molecule has 1 aliphatic carbocycles. The molecular weight excluding hydrogens is 318 g/mol. The van der Waals surface area contributed by atoms with Crippen LogP contribution >= 0.6 is 15.9 Å². The molecule has 0 spiro atoms. The summed E-state index contributed by atoms with van der Waals surface area (Å²) in [5.41, 5.74) is 2.35. The highest BCUT2D eigenvalue weighted by molar-refractivity contribution is 9.10. The minimum atomic E-state index is 0.00615. The molecule has 1 heterocycles. The monoisotopic (exact) mass is 343 g/mol. The summed E-state index contributed by atoms with van der Waals surface area (Å²) in [5.74, 6) is 0. The van der Waals surface area contributed by atoms with Crippen molar-refractivity contribution in [1.29, 1.82) is 0 Å². The average Bonchev–Trinajstić information content (AvgIpc) is 2.66. The van der Waals surface area contributed by atoms with Crippen LogP contribution in [0.15, 0.2) is 4.47 Å². The standard InChI is InChI=1S/C15H26BrN3O/c1-5-17-13(15(20-4)8-7-9-15)10-12-14(16)11(3)18-19(12)6-2/h13,17H,5-10H2,1-4H3. The lowest BCUT2D eigenvalue weighted by atomic mass is 9.73. The summed E-state index contributed by atoms with van der Waals surface area (Å²) in [6, 6.07) is 0.351. The first kappa shape index (κ1) is 16.0. The van der Waals surface area contributed by atoms with Gasteiger partial charge in [-0.25, -0.2) is 0 Å². The Hall–Kier alpha value is -0.390. The van der Waals surface area contributed by atoms with E-state index < -0.39 is 0 Å².